The van der Waals surface area contributed by atoms with Crippen molar-refractivity contribution in [1.29, 1.82) is 0 Å². The number of hydrogen-bond acceptors (Lipinski definition) is 1. The van der Waals surface area contributed by atoms with Crippen molar-refractivity contribution in [2.45, 2.75) is 33.2 Å². The van der Waals surface area contributed by atoms with Crippen molar-refractivity contribution in [3.05, 3.63) is 28.0 Å². The highest BCUT2D eigenvalue weighted by Crippen LogP contribution is 2.28. The molecule has 1 heterocycles. The maximum atomic E-state index is 6.07. The number of rotatable bonds is 3. The van der Waals surface area contributed by atoms with Gasteiger partial charge in [0.25, 0.3) is 0 Å². The van der Waals surface area contributed by atoms with E-state index in [4.69, 9.17) is 23.8 Å². The summed E-state index contributed by atoms with van der Waals surface area (Å²) in [4.78, 5) is 3.24. The Kier molecular flexibility index (Phi) is 3.59. The second-order valence-electron chi connectivity index (χ2n) is 4.68. The highest BCUT2D eigenvalue weighted by molar-refractivity contribution is 7.71. The summed E-state index contributed by atoms with van der Waals surface area (Å²) in [6.07, 6.45) is 1.06. The first-order valence-electron chi connectivity index (χ1n) is 5.94. The molecule has 0 aliphatic heterocycles. The molecule has 17 heavy (non-hydrogen) atoms. The van der Waals surface area contributed by atoms with E-state index in [9.17, 15) is 0 Å². The number of H-pyrrole nitrogens is 1. The topological polar surface area (TPSA) is 20.7 Å². The zero-order valence-corrected chi connectivity index (χ0v) is 11.9. The molecule has 2 rings (SSSR count). The summed E-state index contributed by atoms with van der Waals surface area (Å²) >= 11 is 11.5. The van der Waals surface area contributed by atoms with E-state index >= 15 is 0 Å². The van der Waals surface area contributed by atoms with E-state index in [1.807, 2.05) is 18.2 Å². The van der Waals surface area contributed by atoms with Crippen molar-refractivity contribution >= 4 is 34.9 Å². The number of aromatic nitrogens is 2. The Morgan fingerprint density at radius 2 is 2.12 bits per heavy atom. The molecule has 0 saturated heterocycles. The van der Waals surface area contributed by atoms with Crippen molar-refractivity contribution in [2.75, 3.05) is 0 Å². The van der Waals surface area contributed by atoms with Gasteiger partial charge in [0.1, 0.15) is 0 Å². The van der Waals surface area contributed by atoms with E-state index in [1.165, 1.54) is 0 Å². The lowest BCUT2D eigenvalue weighted by Crippen LogP contribution is -2.14. The average molecular weight is 269 g/mol. The smallest absolute Gasteiger partial charge is 0.178 e. The SMILES string of the molecule is CCC(C(C)C)n1c(=S)[nH]c2ccc(Cl)cc21. The number of fused-ring (bicyclic) bond motifs is 1. The van der Waals surface area contributed by atoms with Crippen LogP contribution in [0.5, 0.6) is 0 Å². The average Bonchev–Trinajstić information content (AvgIpc) is 2.56. The van der Waals surface area contributed by atoms with Crippen molar-refractivity contribution in [3.63, 3.8) is 0 Å². The van der Waals surface area contributed by atoms with Crippen LogP contribution in [-0.4, -0.2) is 9.55 Å². The number of nitrogens with zero attached hydrogens (tertiary/aromatic N) is 1. The molecule has 0 aliphatic rings. The minimum absolute atomic E-state index is 0.412. The van der Waals surface area contributed by atoms with Gasteiger partial charge in [-0.3, -0.25) is 0 Å². The fraction of sp³-hybridized carbons (Fsp3) is 0.462. The Morgan fingerprint density at radius 1 is 1.41 bits per heavy atom. The van der Waals surface area contributed by atoms with Gasteiger partial charge in [0, 0.05) is 11.1 Å². The maximum Gasteiger partial charge on any atom is 0.178 e. The van der Waals surface area contributed by atoms with Crippen LogP contribution >= 0.6 is 23.8 Å². The van der Waals surface area contributed by atoms with Gasteiger partial charge >= 0.3 is 0 Å². The Labute approximate surface area is 112 Å². The largest absolute Gasteiger partial charge is 0.331 e. The second-order valence-corrected chi connectivity index (χ2v) is 5.50. The van der Waals surface area contributed by atoms with Crippen molar-refractivity contribution in [1.82, 2.24) is 9.55 Å². The number of hydrogen-bond donors (Lipinski definition) is 1. The Morgan fingerprint density at radius 3 is 2.71 bits per heavy atom. The maximum absolute atomic E-state index is 6.07. The number of benzene rings is 1. The van der Waals surface area contributed by atoms with Crippen LogP contribution in [0.1, 0.15) is 33.2 Å². The van der Waals surface area contributed by atoms with Gasteiger partial charge in [-0.05, 0) is 42.8 Å². The minimum Gasteiger partial charge on any atom is -0.331 e. The van der Waals surface area contributed by atoms with E-state index in [1.54, 1.807) is 0 Å². The van der Waals surface area contributed by atoms with Crippen LogP contribution in [0.4, 0.5) is 0 Å². The van der Waals surface area contributed by atoms with Gasteiger partial charge in [-0.2, -0.15) is 0 Å². The molecule has 2 nitrogen and oxygen atoms in total. The van der Waals surface area contributed by atoms with E-state index in [0.29, 0.717) is 12.0 Å². The fourth-order valence-corrected chi connectivity index (χ4v) is 2.89. The molecule has 92 valence electrons. The molecular weight excluding hydrogens is 252 g/mol. The van der Waals surface area contributed by atoms with Gasteiger partial charge < -0.3 is 9.55 Å². The summed E-state index contributed by atoms with van der Waals surface area (Å²) in [5, 5.41) is 0.749. The fourth-order valence-electron chi connectivity index (χ4n) is 2.38. The molecule has 0 spiro atoms. The molecule has 1 atom stereocenters. The molecule has 1 unspecified atom stereocenters. The zero-order chi connectivity index (χ0) is 12.6. The Bertz CT molecular complexity index is 583. The normalized spacial score (nSPS) is 13.5. The summed E-state index contributed by atoms with van der Waals surface area (Å²) in [6.45, 7) is 6.63. The molecule has 1 aromatic heterocycles. The predicted octanol–water partition coefficient (Wildman–Crippen LogP) is 4.96. The lowest BCUT2D eigenvalue weighted by molar-refractivity contribution is 0.370. The molecule has 0 saturated carbocycles. The minimum atomic E-state index is 0.412. The number of aromatic amines is 1. The standard InChI is InChI=1S/C13H17ClN2S/c1-4-11(8(2)3)16-12-7-9(14)5-6-10(12)15-13(16)17/h5-8,11H,4H2,1-3H3,(H,15,17). The number of halogens is 1. The van der Waals surface area contributed by atoms with Crippen LogP contribution in [-0.2, 0) is 0 Å². The first kappa shape index (κ1) is 12.7. The van der Waals surface area contributed by atoms with Gasteiger partial charge in [-0.25, -0.2) is 0 Å². The Hall–Kier alpha value is -0.800. The van der Waals surface area contributed by atoms with Crippen molar-refractivity contribution in [3.8, 4) is 0 Å². The van der Waals surface area contributed by atoms with E-state index in [0.717, 1.165) is 27.2 Å². The molecule has 1 N–H and O–H groups in total. The van der Waals surface area contributed by atoms with E-state index < -0.39 is 0 Å². The molecule has 0 fully saturated rings. The predicted molar refractivity (Wildman–Crippen MR) is 76.3 cm³/mol. The highest BCUT2D eigenvalue weighted by Gasteiger charge is 2.17. The van der Waals surface area contributed by atoms with Gasteiger partial charge in [0.15, 0.2) is 4.77 Å². The van der Waals surface area contributed by atoms with Gasteiger partial charge in [0.2, 0.25) is 0 Å². The van der Waals surface area contributed by atoms with Gasteiger partial charge in [-0.1, -0.05) is 32.4 Å². The molecule has 2 aromatic rings. The highest BCUT2D eigenvalue weighted by atomic mass is 35.5. The summed E-state index contributed by atoms with van der Waals surface area (Å²) in [7, 11) is 0. The molecule has 4 heteroatoms. The summed E-state index contributed by atoms with van der Waals surface area (Å²) in [5.74, 6) is 0.546. The lowest BCUT2D eigenvalue weighted by atomic mass is 10.0. The third-order valence-electron chi connectivity index (χ3n) is 3.20. The molecule has 0 aliphatic carbocycles. The molecule has 0 bridgehead atoms. The Balaban J connectivity index is 2.70. The zero-order valence-electron chi connectivity index (χ0n) is 10.3. The molecule has 0 amide bonds. The molecule has 0 radical (unpaired) electrons. The van der Waals surface area contributed by atoms with Crippen molar-refractivity contribution < 1.29 is 0 Å². The number of nitrogens with one attached hydrogen (secondary N) is 1. The van der Waals surface area contributed by atoms with Crippen LogP contribution in [0.3, 0.4) is 0 Å². The van der Waals surface area contributed by atoms with Crippen LogP contribution in [0.25, 0.3) is 11.0 Å². The van der Waals surface area contributed by atoms with Gasteiger partial charge in [-0.15, -0.1) is 0 Å². The number of imidazole rings is 1. The summed E-state index contributed by atoms with van der Waals surface area (Å²) in [6, 6.07) is 6.26. The van der Waals surface area contributed by atoms with Crippen LogP contribution < -0.4 is 0 Å². The lowest BCUT2D eigenvalue weighted by Gasteiger charge is -2.21. The van der Waals surface area contributed by atoms with Crippen LogP contribution in [0.15, 0.2) is 18.2 Å². The third-order valence-corrected chi connectivity index (χ3v) is 3.73. The van der Waals surface area contributed by atoms with Crippen LogP contribution in [0.2, 0.25) is 5.02 Å². The summed E-state index contributed by atoms with van der Waals surface area (Å²) in [5.41, 5.74) is 2.15. The van der Waals surface area contributed by atoms with Crippen LogP contribution in [0, 0.1) is 10.7 Å². The molecule has 1 aromatic carbocycles. The molecular formula is C13H17ClN2S. The van der Waals surface area contributed by atoms with E-state index in [2.05, 4.69) is 30.3 Å². The van der Waals surface area contributed by atoms with Crippen molar-refractivity contribution in [2.24, 2.45) is 5.92 Å². The second kappa shape index (κ2) is 4.83. The quantitative estimate of drug-likeness (QED) is 0.781. The third kappa shape index (κ3) is 2.26. The summed E-state index contributed by atoms with van der Waals surface area (Å²) < 4.78 is 2.98. The first-order chi connectivity index (χ1) is 8.04. The monoisotopic (exact) mass is 268 g/mol. The van der Waals surface area contributed by atoms with Gasteiger partial charge in [0.05, 0.1) is 11.0 Å². The first-order valence-corrected chi connectivity index (χ1v) is 6.73. The van der Waals surface area contributed by atoms with E-state index in [-0.39, 0.29) is 0 Å².